The molecule has 0 spiro atoms. The predicted molar refractivity (Wildman–Crippen MR) is 76.4 cm³/mol. The van der Waals surface area contributed by atoms with Gasteiger partial charge in [-0.1, -0.05) is 19.3 Å². The average molecular weight is 309 g/mol. The molecular formula is C13H17BrN4. The van der Waals surface area contributed by atoms with Crippen LogP contribution in [0.15, 0.2) is 16.7 Å². The van der Waals surface area contributed by atoms with Crippen molar-refractivity contribution in [3.05, 3.63) is 16.7 Å². The van der Waals surface area contributed by atoms with Gasteiger partial charge in [0, 0.05) is 16.2 Å². The van der Waals surface area contributed by atoms with Crippen LogP contribution in [0.3, 0.4) is 0 Å². The van der Waals surface area contributed by atoms with Gasteiger partial charge in [0.2, 0.25) is 5.95 Å². The molecule has 1 aliphatic carbocycles. The number of fused-ring (bicyclic) bond motifs is 1. The van der Waals surface area contributed by atoms with Crippen molar-refractivity contribution in [3.8, 4) is 0 Å². The topological polar surface area (TPSA) is 56.7 Å². The lowest BCUT2D eigenvalue weighted by Gasteiger charge is -2.35. The highest BCUT2D eigenvalue weighted by Gasteiger charge is 2.32. The second-order valence-electron chi connectivity index (χ2n) is 5.36. The van der Waals surface area contributed by atoms with Crippen LogP contribution in [0, 0.1) is 0 Å². The van der Waals surface area contributed by atoms with Crippen LogP contribution in [-0.2, 0) is 5.54 Å². The molecule has 0 aromatic carbocycles. The van der Waals surface area contributed by atoms with Gasteiger partial charge in [-0.15, -0.1) is 0 Å². The summed E-state index contributed by atoms with van der Waals surface area (Å²) in [6.45, 7) is 2.27. The molecule has 0 atom stereocenters. The number of rotatable bonds is 1. The minimum absolute atomic E-state index is 0.0674. The molecule has 0 aliphatic heterocycles. The fourth-order valence-corrected chi connectivity index (χ4v) is 3.35. The summed E-state index contributed by atoms with van der Waals surface area (Å²) in [6, 6.07) is 1.97. The van der Waals surface area contributed by atoms with Gasteiger partial charge in [0.05, 0.1) is 0 Å². The van der Waals surface area contributed by atoms with Crippen LogP contribution in [-0.4, -0.2) is 14.5 Å². The lowest BCUT2D eigenvalue weighted by Crippen LogP contribution is -2.33. The zero-order chi connectivity index (χ0) is 12.8. The third kappa shape index (κ3) is 1.81. The van der Waals surface area contributed by atoms with Crippen molar-refractivity contribution in [2.75, 3.05) is 5.73 Å². The maximum absolute atomic E-state index is 6.12. The van der Waals surface area contributed by atoms with Gasteiger partial charge in [-0.3, -0.25) is 4.57 Å². The molecule has 5 heteroatoms. The molecule has 2 N–H and O–H groups in total. The van der Waals surface area contributed by atoms with Gasteiger partial charge in [0.25, 0.3) is 0 Å². The third-order valence-corrected chi connectivity index (χ3v) is 4.39. The van der Waals surface area contributed by atoms with Gasteiger partial charge >= 0.3 is 0 Å². The molecule has 0 amide bonds. The van der Waals surface area contributed by atoms with Gasteiger partial charge in [0.15, 0.2) is 5.65 Å². The average Bonchev–Trinajstić information content (AvgIpc) is 2.65. The second-order valence-corrected chi connectivity index (χ2v) is 6.27. The zero-order valence-corrected chi connectivity index (χ0v) is 12.1. The fourth-order valence-electron chi connectivity index (χ4n) is 3.03. The Labute approximate surface area is 115 Å². The summed E-state index contributed by atoms with van der Waals surface area (Å²) in [5, 5.41) is 0. The maximum atomic E-state index is 6.12. The van der Waals surface area contributed by atoms with Crippen LogP contribution in [0.1, 0.15) is 39.0 Å². The monoisotopic (exact) mass is 308 g/mol. The summed E-state index contributed by atoms with van der Waals surface area (Å²) in [6.07, 6.45) is 7.95. The summed E-state index contributed by atoms with van der Waals surface area (Å²) in [4.78, 5) is 8.94. The highest BCUT2D eigenvalue weighted by Crippen LogP contribution is 2.38. The molecule has 2 heterocycles. The molecule has 1 saturated carbocycles. The van der Waals surface area contributed by atoms with Gasteiger partial charge in [-0.2, -0.15) is 0 Å². The first-order valence-electron chi connectivity index (χ1n) is 6.40. The molecule has 18 heavy (non-hydrogen) atoms. The molecule has 0 saturated heterocycles. The van der Waals surface area contributed by atoms with Gasteiger partial charge in [-0.25, -0.2) is 9.97 Å². The van der Waals surface area contributed by atoms with E-state index in [0.717, 1.165) is 28.5 Å². The second kappa shape index (κ2) is 4.23. The highest BCUT2D eigenvalue weighted by atomic mass is 79.9. The van der Waals surface area contributed by atoms with E-state index in [0.29, 0.717) is 5.95 Å². The van der Waals surface area contributed by atoms with E-state index in [9.17, 15) is 0 Å². The van der Waals surface area contributed by atoms with Crippen LogP contribution in [0.5, 0.6) is 0 Å². The minimum atomic E-state index is 0.0674. The first kappa shape index (κ1) is 12.0. The van der Waals surface area contributed by atoms with Crippen molar-refractivity contribution < 1.29 is 0 Å². The molecule has 96 valence electrons. The predicted octanol–water partition coefficient (Wildman–Crippen LogP) is 3.46. The number of nitrogens with zero attached hydrogens (tertiary/aromatic N) is 3. The standard InChI is InChI=1S/C13H17BrN4/c1-13(5-3-2-4-6-13)18-11-10(17-12(18)15)7-9(14)8-16-11/h7-8H,2-6H2,1H3,(H2,15,17). The summed E-state index contributed by atoms with van der Waals surface area (Å²) < 4.78 is 3.07. The van der Waals surface area contributed by atoms with E-state index in [1.54, 1.807) is 0 Å². The van der Waals surface area contributed by atoms with E-state index < -0.39 is 0 Å². The summed E-state index contributed by atoms with van der Waals surface area (Å²) >= 11 is 3.42. The maximum Gasteiger partial charge on any atom is 0.202 e. The number of hydrogen-bond acceptors (Lipinski definition) is 3. The molecule has 4 nitrogen and oxygen atoms in total. The Kier molecular flexibility index (Phi) is 2.81. The number of hydrogen-bond donors (Lipinski definition) is 1. The molecule has 1 aliphatic rings. The smallest absolute Gasteiger partial charge is 0.202 e. The van der Waals surface area contributed by atoms with Crippen molar-refractivity contribution in [3.63, 3.8) is 0 Å². The zero-order valence-electron chi connectivity index (χ0n) is 10.5. The van der Waals surface area contributed by atoms with Crippen LogP contribution >= 0.6 is 15.9 Å². The number of nitrogen functional groups attached to an aromatic ring is 1. The number of nitrogens with two attached hydrogens (primary N) is 1. The van der Waals surface area contributed by atoms with Gasteiger partial charge in [-0.05, 0) is 41.8 Å². The van der Waals surface area contributed by atoms with E-state index in [2.05, 4.69) is 37.4 Å². The van der Waals surface area contributed by atoms with Crippen molar-refractivity contribution in [1.82, 2.24) is 14.5 Å². The van der Waals surface area contributed by atoms with Crippen LogP contribution in [0.2, 0.25) is 0 Å². The minimum Gasteiger partial charge on any atom is -0.369 e. The number of pyridine rings is 1. The lowest BCUT2D eigenvalue weighted by molar-refractivity contribution is 0.227. The Morgan fingerprint density at radius 1 is 1.33 bits per heavy atom. The molecule has 0 radical (unpaired) electrons. The van der Waals surface area contributed by atoms with Crippen LogP contribution < -0.4 is 5.73 Å². The third-order valence-electron chi connectivity index (χ3n) is 3.96. The summed E-state index contributed by atoms with van der Waals surface area (Å²) in [5.41, 5.74) is 7.96. The van der Waals surface area contributed by atoms with E-state index in [1.807, 2.05) is 12.3 Å². The van der Waals surface area contributed by atoms with Crippen LogP contribution in [0.25, 0.3) is 11.2 Å². The normalized spacial score (nSPS) is 19.2. The van der Waals surface area contributed by atoms with Crippen LogP contribution in [0.4, 0.5) is 5.95 Å². The van der Waals surface area contributed by atoms with E-state index in [1.165, 1.54) is 19.3 Å². The molecule has 0 unspecified atom stereocenters. The molecule has 2 aromatic heterocycles. The number of imidazole rings is 1. The first-order chi connectivity index (χ1) is 8.60. The summed E-state index contributed by atoms with van der Waals surface area (Å²) in [5.74, 6) is 0.583. The van der Waals surface area contributed by atoms with Crippen molar-refractivity contribution in [2.24, 2.45) is 0 Å². The molecule has 0 bridgehead atoms. The van der Waals surface area contributed by atoms with E-state index >= 15 is 0 Å². The molecular weight excluding hydrogens is 292 g/mol. The summed E-state index contributed by atoms with van der Waals surface area (Å²) in [7, 11) is 0. The molecule has 1 fully saturated rings. The van der Waals surface area contributed by atoms with Crippen molar-refractivity contribution in [1.29, 1.82) is 0 Å². The number of aromatic nitrogens is 3. The van der Waals surface area contributed by atoms with E-state index in [-0.39, 0.29) is 5.54 Å². The molecule has 3 rings (SSSR count). The number of anilines is 1. The van der Waals surface area contributed by atoms with E-state index in [4.69, 9.17) is 5.73 Å². The first-order valence-corrected chi connectivity index (χ1v) is 7.19. The Morgan fingerprint density at radius 2 is 2.06 bits per heavy atom. The Bertz CT molecular complexity index is 584. The Morgan fingerprint density at radius 3 is 2.78 bits per heavy atom. The van der Waals surface area contributed by atoms with Crippen molar-refractivity contribution in [2.45, 2.75) is 44.6 Å². The number of halogens is 1. The largest absolute Gasteiger partial charge is 0.369 e. The van der Waals surface area contributed by atoms with Gasteiger partial charge < -0.3 is 5.73 Å². The van der Waals surface area contributed by atoms with Crippen molar-refractivity contribution >= 4 is 33.0 Å². The quantitative estimate of drug-likeness (QED) is 0.877. The Hall–Kier alpha value is -1.10. The molecule has 2 aromatic rings. The highest BCUT2D eigenvalue weighted by molar-refractivity contribution is 9.10. The fraction of sp³-hybridized carbons (Fsp3) is 0.538. The van der Waals surface area contributed by atoms with Gasteiger partial charge in [0.1, 0.15) is 5.52 Å². The Balaban J connectivity index is 2.18. The SMILES string of the molecule is CC1(n2c(N)nc3cc(Br)cnc32)CCCCC1. The lowest BCUT2D eigenvalue weighted by atomic mass is 9.83.